The predicted octanol–water partition coefficient (Wildman–Crippen LogP) is 5.89. The third-order valence-electron chi connectivity index (χ3n) is 4.75. The Kier molecular flexibility index (Phi) is 5.96. The quantitative estimate of drug-likeness (QED) is 0.386. The molecule has 0 radical (unpaired) electrons. The first-order chi connectivity index (χ1) is 15.4. The largest absolute Gasteiger partial charge is 0.573 e. The van der Waals surface area contributed by atoms with E-state index in [4.69, 9.17) is 4.74 Å². The van der Waals surface area contributed by atoms with E-state index in [1.807, 2.05) is 42.5 Å². The SMILES string of the molecule is COc1ccc([N-]S(=O)(=O)c2ccc(NC(=O)Nc3cccc4ccccc34)cc2)cc1. The molecule has 0 aliphatic carbocycles. The van der Waals surface area contributed by atoms with Crippen molar-refractivity contribution in [3.63, 3.8) is 0 Å². The number of hydrogen-bond donors (Lipinski definition) is 2. The molecule has 2 N–H and O–H groups in total. The van der Waals surface area contributed by atoms with E-state index in [9.17, 15) is 13.2 Å². The molecule has 0 heterocycles. The molecule has 8 heteroatoms. The zero-order valence-corrected chi connectivity index (χ0v) is 18.0. The average Bonchev–Trinajstić information content (AvgIpc) is 2.80. The van der Waals surface area contributed by atoms with Crippen molar-refractivity contribution < 1.29 is 17.9 Å². The minimum Gasteiger partial charge on any atom is -0.573 e. The van der Waals surface area contributed by atoms with Crippen molar-refractivity contribution in [1.29, 1.82) is 0 Å². The van der Waals surface area contributed by atoms with E-state index in [1.54, 1.807) is 24.3 Å². The van der Waals surface area contributed by atoms with Crippen LogP contribution in [0.3, 0.4) is 0 Å². The smallest absolute Gasteiger partial charge is 0.323 e. The number of ether oxygens (including phenoxy) is 1. The van der Waals surface area contributed by atoms with Crippen LogP contribution in [0.4, 0.5) is 21.9 Å². The summed E-state index contributed by atoms with van der Waals surface area (Å²) in [6.45, 7) is 0. The summed E-state index contributed by atoms with van der Waals surface area (Å²) in [7, 11) is -2.37. The number of nitrogens with one attached hydrogen (secondary N) is 2. The van der Waals surface area contributed by atoms with Crippen LogP contribution in [0.15, 0.2) is 95.9 Å². The molecule has 32 heavy (non-hydrogen) atoms. The lowest BCUT2D eigenvalue weighted by atomic mass is 10.1. The van der Waals surface area contributed by atoms with Crippen LogP contribution in [0.2, 0.25) is 0 Å². The lowest BCUT2D eigenvalue weighted by Crippen LogP contribution is -2.19. The van der Waals surface area contributed by atoms with E-state index in [1.165, 1.54) is 31.4 Å². The van der Waals surface area contributed by atoms with E-state index < -0.39 is 16.1 Å². The Labute approximate surface area is 186 Å². The van der Waals surface area contributed by atoms with Crippen molar-refractivity contribution in [1.82, 2.24) is 0 Å². The van der Waals surface area contributed by atoms with Gasteiger partial charge in [-0.15, -0.1) is 5.69 Å². The minimum atomic E-state index is -3.90. The number of fused-ring (bicyclic) bond motifs is 1. The summed E-state index contributed by atoms with van der Waals surface area (Å²) >= 11 is 0. The molecule has 4 aromatic rings. The first-order valence-electron chi connectivity index (χ1n) is 9.72. The highest BCUT2D eigenvalue weighted by molar-refractivity contribution is 7.94. The van der Waals surface area contributed by atoms with Gasteiger partial charge in [-0.3, -0.25) is 0 Å². The molecule has 0 saturated carbocycles. The van der Waals surface area contributed by atoms with Crippen LogP contribution in [0.25, 0.3) is 15.5 Å². The first kappa shape index (κ1) is 21.2. The summed E-state index contributed by atoms with van der Waals surface area (Å²) < 4.78 is 34.0. The number of carbonyl (C=O) groups is 1. The fourth-order valence-electron chi connectivity index (χ4n) is 3.16. The second kappa shape index (κ2) is 8.99. The Morgan fingerprint density at radius 3 is 2.22 bits per heavy atom. The molecule has 0 saturated heterocycles. The minimum absolute atomic E-state index is 0.0216. The van der Waals surface area contributed by atoms with Crippen molar-refractivity contribution in [3.05, 3.63) is 95.7 Å². The van der Waals surface area contributed by atoms with Gasteiger partial charge in [0, 0.05) is 11.1 Å². The van der Waals surface area contributed by atoms with E-state index in [0.29, 0.717) is 22.8 Å². The number of amides is 2. The Balaban J connectivity index is 1.43. The van der Waals surface area contributed by atoms with Gasteiger partial charge in [-0.2, -0.15) is 0 Å². The maximum atomic E-state index is 12.6. The second-order valence-electron chi connectivity index (χ2n) is 6.89. The molecule has 2 amide bonds. The maximum absolute atomic E-state index is 12.6. The van der Waals surface area contributed by atoms with Gasteiger partial charge >= 0.3 is 6.03 Å². The first-order valence-corrected chi connectivity index (χ1v) is 11.2. The predicted molar refractivity (Wildman–Crippen MR) is 126 cm³/mol. The molecule has 0 aliphatic heterocycles. The normalized spacial score (nSPS) is 11.0. The summed E-state index contributed by atoms with van der Waals surface area (Å²) in [5.41, 5.74) is 1.42. The molecule has 0 fully saturated rings. The van der Waals surface area contributed by atoms with Gasteiger partial charge in [0.1, 0.15) is 15.8 Å². The fourth-order valence-corrected chi connectivity index (χ4v) is 4.15. The molecule has 0 bridgehead atoms. The highest BCUT2D eigenvalue weighted by Gasteiger charge is 2.08. The molecule has 162 valence electrons. The van der Waals surface area contributed by atoms with Crippen LogP contribution in [-0.4, -0.2) is 21.6 Å². The molecule has 4 aromatic carbocycles. The summed E-state index contributed by atoms with van der Waals surface area (Å²) in [5, 5.41) is 7.47. The monoisotopic (exact) mass is 446 g/mol. The van der Waals surface area contributed by atoms with Gasteiger partial charge in [-0.25, -0.2) is 13.2 Å². The Hall–Kier alpha value is -4.04. The lowest BCUT2D eigenvalue weighted by Gasteiger charge is -2.22. The zero-order valence-electron chi connectivity index (χ0n) is 17.1. The van der Waals surface area contributed by atoms with E-state index in [2.05, 4.69) is 15.4 Å². The molecule has 0 spiro atoms. The molecule has 0 aromatic heterocycles. The maximum Gasteiger partial charge on any atom is 0.323 e. The van der Waals surface area contributed by atoms with Gasteiger partial charge in [0.15, 0.2) is 0 Å². The molecular weight excluding hydrogens is 426 g/mol. The summed E-state index contributed by atoms with van der Waals surface area (Å²) in [4.78, 5) is 12.5. The Morgan fingerprint density at radius 2 is 1.50 bits per heavy atom. The summed E-state index contributed by atoms with van der Waals surface area (Å²) in [5.74, 6) is 0.610. The Morgan fingerprint density at radius 1 is 0.812 bits per heavy atom. The number of sulfonamides is 1. The van der Waals surface area contributed by atoms with E-state index >= 15 is 0 Å². The lowest BCUT2D eigenvalue weighted by molar-refractivity contribution is 0.262. The molecule has 0 unspecified atom stereocenters. The number of urea groups is 1. The third kappa shape index (κ3) is 4.81. The van der Waals surface area contributed by atoms with Gasteiger partial charge in [0.2, 0.25) is 0 Å². The van der Waals surface area contributed by atoms with E-state index in [0.717, 1.165) is 10.8 Å². The third-order valence-corrected chi connectivity index (χ3v) is 6.06. The van der Waals surface area contributed by atoms with Crippen LogP contribution in [0, 0.1) is 0 Å². The summed E-state index contributed by atoms with van der Waals surface area (Å²) in [6.07, 6.45) is 0. The highest BCUT2D eigenvalue weighted by Crippen LogP contribution is 2.30. The molecule has 7 nitrogen and oxygen atoms in total. The highest BCUT2D eigenvalue weighted by atomic mass is 32.2. The van der Waals surface area contributed by atoms with Crippen molar-refractivity contribution in [2.45, 2.75) is 4.90 Å². The van der Waals surface area contributed by atoms with Crippen molar-refractivity contribution >= 4 is 43.9 Å². The number of rotatable bonds is 6. The number of methoxy groups -OCH3 is 1. The van der Waals surface area contributed by atoms with Crippen LogP contribution in [0.5, 0.6) is 5.75 Å². The number of nitrogens with zero attached hydrogens (tertiary/aromatic N) is 1. The van der Waals surface area contributed by atoms with Crippen LogP contribution < -0.4 is 15.4 Å². The Bertz CT molecular complexity index is 1350. The molecular formula is C24H20N3O4S-. The number of anilines is 2. The average molecular weight is 447 g/mol. The van der Waals surface area contributed by atoms with E-state index in [-0.39, 0.29) is 4.90 Å². The molecule has 0 aliphatic rings. The van der Waals surface area contributed by atoms with Crippen LogP contribution in [-0.2, 0) is 10.0 Å². The van der Waals surface area contributed by atoms with Crippen LogP contribution >= 0.6 is 0 Å². The zero-order chi connectivity index (χ0) is 22.6. The number of hydrogen-bond acceptors (Lipinski definition) is 4. The van der Waals surface area contributed by atoms with Gasteiger partial charge in [-0.1, -0.05) is 48.5 Å². The number of carbonyl (C=O) groups excluding carboxylic acids is 1. The standard InChI is InChI=1S/C24H20N3O4S/c1-31-20-13-9-19(10-14-20)27-32(29,30)21-15-11-18(12-16-21)25-24(28)26-23-8-4-6-17-5-2-3-7-22(17)23/h2-16H,1H3,(H2,25,26,28)/q-1. The van der Waals surface area contributed by atoms with Gasteiger partial charge in [0.05, 0.1) is 17.7 Å². The van der Waals surface area contributed by atoms with Gasteiger partial charge in [0.25, 0.3) is 0 Å². The second-order valence-corrected chi connectivity index (χ2v) is 8.50. The summed E-state index contributed by atoms with van der Waals surface area (Å²) in [6, 6.07) is 25.2. The topological polar surface area (TPSA) is 98.6 Å². The van der Waals surface area contributed by atoms with Crippen molar-refractivity contribution in [3.8, 4) is 5.75 Å². The van der Waals surface area contributed by atoms with Crippen molar-refractivity contribution in [2.24, 2.45) is 0 Å². The molecule has 0 atom stereocenters. The van der Waals surface area contributed by atoms with Gasteiger partial charge < -0.3 is 20.1 Å². The number of benzene rings is 4. The van der Waals surface area contributed by atoms with Crippen LogP contribution in [0.1, 0.15) is 0 Å². The fraction of sp³-hybridized carbons (Fsp3) is 0.0417. The van der Waals surface area contributed by atoms with Crippen molar-refractivity contribution in [2.75, 3.05) is 17.7 Å². The molecule has 4 rings (SSSR count). The van der Waals surface area contributed by atoms with Gasteiger partial charge in [-0.05, 0) is 47.9 Å².